The molecule has 0 unspecified atom stereocenters. The number of carboxylic acid groups (broad SMARTS) is 1. The zero-order chi connectivity index (χ0) is 20.8. The highest BCUT2D eigenvalue weighted by molar-refractivity contribution is 5.88. The Kier molecular flexibility index (Phi) is 7.53. The summed E-state index contributed by atoms with van der Waals surface area (Å²) < 4.78 is 5.78. The van der Waals surface area contributed by atoms with Crippen molar-refractivity contribution in [2.45, 2.75) is 77.0 Å². The first-order valence-electron chi connectivity index (χ1n) is 11.0. The molecule has 3 rings (SSSR count). The quantitative estimate of drug-likeness (QED) is 0.643. The topological polar surface area (TPSA) is 78.9 Å². The van der Waals surface area contributed by atoms with Crippen molar-refractivity contribution >= 4 is 17.6 Å². The van der Waals surface area contributed by atoms with Crippen molar-refractivity contribution in [2.75, 3.05) is 18.0 Å². The predicted octanol–water partition coefficient (Wildman–Crippen LogP) is 3.84. The SMILES string of the molecule is CC(C)C[C@H](NC1CCN(c2ccc(C(=O)O)cc2)CC1)C(=O)OC1CCCC1. The third-order valence-corrected chi connectivity index (χ3v) is 5.99. The second-order valence-electron chi connectivity index (χ2n) is 8.81. The Morgan fingerprint density at radius 3 is 2.28 bits per heavy atom. The molecule has 1 aromatic rings. The van der Waals surface area contributed by atoms with E-state index < -0.39 is 5.97 Å². The van der Waals surface area contributed by atoms with Gasteiger partial charge in [0.05, 0.1) is 5.56 Å². The minimum atomic E-state index is -0.903. The third-order valence-electron chi connectivity index (χ3n) is 5.99. The molecular formula is C23H34N2O4. The zero-order valence-corrected chi connectivity index (χ0v) is 17.6. The van der Waals surface area contributed by atoms with Crippen molar-refractivity contribution in [3.8, 4) is 0 Å². The van der Waals surface area contributed by atoms with Gasteiger partial charge in [0.2, 0.25) is 0 Å². The maximum absolute atomic E-state index is 12.7. The van der Waals surface area contributed by atoms with Crippen molar-refractivity contribution in [3.05, 3.63) is 29.8 Å². The number of carboxylic acids is 1. The Hall–Kier alpha value is -2.08. The van der Waals surface area contributed by atoms with Gasteiger partial charge in [-0.3, -0.25) is 4.79 Å². The van der Waals surface area contributed by atoms with E-state index >= 15 is 0 Å². The Morgan fingerprint density at radius 2 is 1.72 bits per heavy atom. The summed E-state index contributed by atoms with van der Waals surface area (Å²) in [6.07, 6.45) is 7.12. The van der Waals surface area contributed by atoms with Gasteiger partial charge >= 0.3 is 11.9 Å². The van der Waals surface area contributed by atoms with Crippen molar-refractivity contribution in [1.29, 1.82) is 0 Å². The molecule has 0 aromatic heterocycles. The summed E-state index contributed by atoms with van der Waals surface area (Å²) >= 11 is 0. The molecule has 0 radical (unpaired) electrons. The fourth-order valence-electron chi connectivity index (χ4n) is 4.36. The van der Waals surface area contributed by atoms with Crippen LogP contribution in [0.25, 0.3) is 0 Å². The van der Waals surface area contributed by atoms with Crippen molar-refractivity contribution in [1.82, 2.24) is 5.32 Å². The number of carbonyl (C=O) groups is 2. The Bertz CT molecular complexity index is 675. The number of carbonyl (C=O) groups excluding carboxylic acids is 1. The van der Waals surface area contributed by atoms with E-state index in [-0.39, 0.29) is 18.1 Å². The van der Waals surface area contributed by atoms with Crippen molar-refractivity contribution in [2.24, 2.45) is 5.92 Å². The first-order valence-corrected chi connectivity index (χ1v) is 11.0. The summed E-state index contributed by atoms with van der Waals surface area (Å²) in [7, 11) is 0. The van der Waals surface area contributed by atoms with Crippen LogP contribution in [0, 0.1) is 5.92 Å². The Morgan fingerprint density at radius 1 is 1.10 bits per heavy atom. The molecule has 6 nitrogen and oxygen atoms in total. The van der Waals surface area contributed by atoms with Crippen LogP contribution in [0.5, 0.6) is 0 Å². The highest BCUT2D eigenvalue weighted by atomic mass is 16.5. The minimum absolute atomic E-state index is 0.0858. The number of esters is 1. The number of anilines is 1. The standard InChI is InChI=1S/C23H34N2O4/c1-16(2)15-21(23(28)29-20-5-3-4-6-20)24-18-11-13-25(14-12-18)19-9-7-17(8-10-19)22(26)27/h7-10,16,18,20-21,24H,3-6,11-15H2,1-2H3,(H,26,27)/t21-/m0/s1. The average molecular weight is 403 g/mol. The van der Waals surface area contributed by atoms with E-state index in [9.17, 15) is 9.59 Å². The second kappa shape index (κ2) is 10.1. The van der Waals surface area contributed by atoms with E-state index in [1.807, 2.05) is 12.1 Å². The fraction of sp³-hybridized carbons (Fsp3) is 0.652. The zero-order valence-electron chi connectivity index (χ0n) is 17.6. The van der Waals surface area contributed by atoms with E-state index in [2.05, 4.69) is 24.1 Å². The van der Waals surface area contributed by atoms with Crippen LogP contribution in [0.15, 0.2) is 24.3 Å². The number of piperidine rings is 1. The molecule has 1 atom stereocenters. The molecule has 6 heteroatoms. The predicted molar refractivity (Wildman–Crippen MR) is 113 cm³/mol. The summed E-state index contributed by atoms with van der Waals surface area (Å²) in [4.78, 5) is 26.0. The number of ether oxygens (including phenoxy) is 1. The Balaban J connectivity index is 1.52. The third kappa shape index (κ3) is 6.20. The number of hydrogen-bond donors (Lipinski definition) is 2. The largest absolute Gasteiger partial charge is 0.478 e. The molecule has 1 aromatic carbocycles. The number of benzene rings is 1. The summed E-state index contributed by atoms with van der Waals surface area (Å²) in [5.74, 6) is -0.561. The van der Waals surface area contributed by atoms with E-state index in [0.717, 1.165) is 63.7 Å². The van der Waals surface area contributed by atoms with Crippen LogP contribution in [-0.2, 0) is 9.53 Å². The van der Waals surface area contributed by atoms with Gasteiger partial charge in [-0.1, -0.05) is 13.8 Å². The lowest BCUT2D eigenvalue weighted by atomic mass is 9.99. The minimum Gasteiger partial charge on any atom is -0.478 e. The van der Waals surface area contributed by atoms with Crippen molar-refractivity contribution in [3.63, 3.8) is 0 Å². The van der Waals surface area contributed by atoms with Gasteiger partial charge in [-0.25, -0.2) is 4.79 Å². The molecule has 2 aliphatic rings. The lowest BCUT2D eigenvalue weighted by Gasteiger charge is -2.36. The van der Waals surface area contributed by atoms with E-state index in [4.69, 9.17) is 9.84 Å². The molecule has 2 fully saturated rings. The molecule has 2 N–H and O–H groups in total. The highest BCUT2D eigenvalue weighted by Crippen LogP contribution is 2.24. The van der Waals surface area contributed by atoms with Crippen LogP contribution >= 0.6 is 0 Å². The van der Waals surface area contributed by atoms with Gasteiger partial charge < -0.3 is 20.1 Å². The fourth-order valence-corrected chi connectivity index (χ4v) is 4.36. The highest BCUT2D eigenvalue weighted by Gasteiger charge is 2.29. The molecule has 1 aliphatic carbocycles. The molecule has 1 heterocycles. The van der Waals surface area contributed by atoms with Gasteiger partial charge in [-0.05, 0) is 75.1 Å². The first kappa shape index (κ1) is 21.6. The molecule has 1 saturated heterocycles. The smallest absolute Gasteiger partial charge is 0.335 e. The van der Waals surface area contributed by atoms with Crippen LogP contribution in [0.2, 0.25) is 0 Å². The lowest BCUT2D eigenvalue weighted by Crippen LogP contribution is -2.50. The summed E-state index contributed by atoms with van der Waals surface area (Å²) in [6, 6.07) is 7.11. The monoisotopic (exact) mass is 402 g/mol. The summed E-state index contributed by atoms with van der Waals surface area (Å²) in [6.45, 7) is 6.05. The van der Waals surface area contributed by atoms with Gasteiger partial charge in [-0.15, -0.1) is 0 Å². The van der Waals surface area contributed by atoms with Crippen LogP contribution < -0.4 is 10.2 Å². The normalized spacial score (nSPS) is 19.5. The van der Waals surface area contributed by atoms with Crippen molar-refractivity contribution < 1.29 is 19.4 Å². The van der Waals surface area contributed by atoms with Crippen LogP contribution in [-0.4, -0.2) is 48.3 Å². The van der Waals surface area contributed by atoms with Crippen LogP contribution in [0.4, 0.5) is 5.69 Å². The Labute approximate surface area is 173 Å². The molecule has 0 spiro atoms. The molecule has 0 amide bonds. The first-order chi connectivity index (χ1) is 13.9. The number of nitrogens with one attached hydrogen (secondary N) is 1. The van der Waals surface area contributed by atoms with Gasteiger partial charge in [0, 0.05) is 24.8 Å². The molecule has 160 valence electrons. The van der Waals surface area contributed by atoms with Gasteiger partial charge in [0.25, 0.3) is 0 Å². The van der Waals surface area contributed by atoms with Gasteiger partial charge in [-0.2, -0.15) is 0 Å². The average Bonchev–Trinajstić information content (AvgIpc) is 3.21. The number of nitrogens with zero attached hydrogens (tertiary/aromatic N) is 1. The molecule has 1 saturated carbocycles. The van der Waals surface area contributed by atoms with Crippen LogP contribution in [0.1, 0.15) is 69.2 Å². The molecular weight excluding hydrogens is 368 g/mol. The lowest BCUT2D eigenvalue weighted by molar-refractivity contribution is -0.152. The number of aromatic carboxylic acids is 1. The van der Waals surface area contributed by atoms with Gasteiger partial charge in [0.1, 0.15) is 12.1 Å². The summed E-state index contributed by atoms with van der Waals surface area (Å²) in [5.41, 5.74) is 1.36. The number of rotatable bonds is 8. The maximum Gasteiger partial charge on any atom is 0.335 e. The molecule has 1 aliphatic heterocycles. The van der Waals surface area contributed by atoms with E-state index in [1.165, 1.54) is 0 Å². The second-order valence-corrected chi connectivity index (χ2v) is 8.81. The molecule has 0 bridgehead atoms. The van der Waals surface area contributed by atoms with Gasteiger partial charge in [0.15, 0.2) is 0 Å². The molecule has 29 heavy (non-hydrogen) atoms. The number of hydrogen-bond acceptors (Lipinski definition) is 5. The van der Waals surface area contributed by atoms with E-state index in [1.54, 1.807) is 12.1 Å². The van der Waals surface area contributed by atoms with Crippen LogP contribution in [0.3, 0.4) is 0 Å². The summed E-state index contributed by atoms with van der Waals surface area (Å²) in [5, 5.41) is 12.6. The van der Waals surface area contributed by atoms with E-state index in [0.29, 0.717) is 17.5 Å². The maximum atomic E-state index is 12.7.